The molecular weight excluding hydrogens is 649 g/mol. The molecule has 10 rings (SSSR count). The highest BCUT2D eigenvalue weighted by Gasteiger charge is 2.21. The molecule has 0 saturated carbocycles. The molecule has 0 bridgehead atoms. The minimum absolute atomic E-state index is 0.595. The van der Waals surface area contributed by atoms with Crippen molar-refractivity contribution in [2.75, 3.05) is 4.90 Å². The molecule has 0 radical (unpaired) electrons. The number of para-hydroxylation sites is 1. The van der Waals surface area contributed by atoms with E-state index in [1.165, 1.54) is 22.3 Å². The molecule has 0 N–H and O–H groups in total. The molecule has 0 aliphatic rings. The van der Waals surface area contributed by atoms with Crippen molar-refractivity contribution in [3.05, 3.63) is 194 Å². The van der Waals surface area contributed by atoms with E-state index in [1.807, 2.05) is 48.5 Å². The average Bonchev–Trinajstić information content (AvgIpc) is 3.84. The minimum atomic E-state index is 0.595. The van der Waals surface area contributed by atoms with Gasteiger partial charge in [0.15, 0.2) is 5.58 Å². The number of hydrogen-bond acceptors (Lipinski definition) is 4. The fourth-order valence-corrected chi connectivity index (χ4v) is 7.33. The Morgan fingerprint density at radius 2 is 0.906 bits per heavy atom. The van der Waals surface area contributed by atoms with Crippen LogP contribution in [0.4, 0.5) is 17.1 Å². The molecule has 8 aromatic carbocycles. The van der Waals surface area contributed by atoms with E-state index in [4.69, 9.17) is 13.8 Å². The van der Waals surface area contributed by atoms with Crippen molar-refractivity contribution in [3.8, 4) is 44.8 Å². The molecule has 250 valence electrons. The van der Waals surface area contributed by atoms with Crippen LogP contribution in [0.2, 0.25) is 0 Å². The van der Waals surface area contributed by atoms with Gasteiger partial charge in [-0.15, -0.1) is 0 Å². The summed E-state index contributed by atoms with van der Waals surface area (Å²) < 4.78 is 12.8. The van der Waals surface area contributed by atoms with E-state index in [-0.39, 0.29) is 0 Å². The van der Waals surface area contributed by atoms with Gasteiger partial charge in [-0.3, -0.25) is 0 Å². The van der Waals surface area contributed by atoms with Gasteiger partial charge in [0.1, 0.15) is 16.7 Å². The zero-order chi connectivity index (χ0) is 35.1. The summed E-state index contributed by atoms with van der Waals surface area (Å²) in [6.07, 6.45) is 0. The first-order valence-corrected chi connectivity index (χ1v) is 17.8. The SMILES string of the molecule is c1ccc(-c2ccc(-c3ccccc3N(c3ccc(-c4ccccc4)cc3)c3ccc4c(c3)oc3ccc5oc(-c6ccccc6)nc5c34)cc2)cc1. The maximum Gasteiger partial charge on any atom is 0.227 e. The highest BCUT2D eigenvalue weighted by molar-refractivity contribution is 6.17. The van der Waals surface area contributed by atoms with Crippen molar-refractivity contribution in [2.24, 2.45) is 0 Å². The first kappa shape index (κ1) is 30.6. The van der Waals surface area contributed by atoms with Crippen LogP contribution in [-0.4, -0.2) is 4.98 Å². The van der Waals surface area contributed by atoms with Gasteiger partial charge in [0.25, 0.3) is 0 Å². The monoisotopic (exact) mass is 680 g/mol. The van der Waals surface area contributed by atoms with Crippen LogP contribution in [0.15, 0.2) is 203 Å². The van der Waals surface area contributed by atoms with E-state index in [1.54, 1.807) is 0 Å². The topological polar surface area (TPSA) is 42.4 Å². The average molecular weight is 681 g/mol. The number of rotatable bonds is 7. The molecular formula is C49H32N2O2. The van der Waals surface area contributed by atoms with Gasteiger partial charge in [0.2, 0.25) is 5.89 Å². The predicted octanol–water partition coefficient (Wildman–Crippen LogP) is 13.9. The number of oxazole rings is 1. The molecule has 0 aliphatic carbocycles. The number of hydrogen-bond donors (Lipinski definition) is 0. The van der Waals surface area contributed by atoms with Crippen LogP contribution in [0.1, 0.15) is 0 Å². The quantitative estimate of drug-likeness (QED) is 0.168. The molecule has 2 aromatic heterocycles. The lowest BCUT2D eigenvalue weighted by atomic mass is 9.98. The molecule has 0 saturated heterocycles. The van der Waals surface area contributed by atoms with Crippen molar-refractivity contribution >= 4 is 50.1 Å². The molecule has 53 heavy (non-hydrogen) atoms. The summed E-state index contributed by atoms with van der Waals surface area (Å²) in [6, 6.07) is 67.6. The fraction of sp³-hybridized carbons (Fsp3) is 0. The summed E-state index contributed by atoms with van der Waals surface area (Å²) in [6.45, 7) is 0. The van der Waals surface area contributed by atoms with E-state index < -0.39 is 0 Å². The number of nitrogens with zero attached hydrogens (tertiary/aromatic N) is 2. The van der Waals surface area contributed by atoms with Gasteiger partial charge in [0.05, 0.1) is 11.1 Å². The smallest absolute Gasteiger partial charge is 0.227 e. The van der Waals surface area contributed by atoms with E-state index in [0.717, 1.165) is 66.8 Å². The third kappa shape index (κ3) is 5.54. The Balaban J connectivity index is 1.12. The van der Waals surface area contributed by atoms with E-state index in [9.17, 15) is 0 Å². The minimum Gasteiger partial charge on any atom is -0.456 e. The first-order valence-electron chi connectivity index (χ1n) is 17.8. The summed E-state index contributed by atoms with van der Waals surface area (Å²) in [5.74, 6) is 0.595. The standard InChI is InChI=1S/C49H32N2O2/c1-4-12-33(13-5-1)35-20-22-37(23-21-35)41-18-10-11-19-43(41)51(39-26-24-36(25-27-39)34-14-6-2-7-15-34)40-28-29-42-46(32-40)52-44-30-31-45-48(47(42)44)50-49(53-45)38-16-8-3-9-17-38/h1-32H. The van der Waals surface area contributed by atoms with Crippen LogP contribution in [-0.2, 0) is 0 Å². The van der Waals surface area contributed by atoms with Gasteiger partial charge < -0.3 is 13.7 Å². The number of fused-ring (bicyclic) bond motifs is 5. The predicted molar refractivity (Wildman–Crippen MR) is 218 cm³/mol. The highest BCUT2D eigenvalue weighted by atomic mass is 16.4. The van der Waals surface area contributed by atoms with E-state index >= 15 is 0 Å². The maximum absolute atomic E-state index is 6.58. The molecule has 4 nitrogen and oxygen atoms in total. The lowest BCUT2D eigenvalue weighted by molar-refractivity contribution is 0.619. The van der Waals surface area contributed by atoms with Crippen molar-refractivity contribution in [1.29, 1.82) is 0 Å². The summed E-state index contributed by atoms with van der Waals surface area (Å²) in [4.78, 5) is 7.27. The Morgan fingerprint density at radius 1 is 0.377 bits per heavy atom. The molecule has 4 heteroatoms. The summed E-state index contributed by atoms with van der Waals surface area (Å²) in [5, 5.41) is 1.94. The maximum atomic E-state index is 6.58. The summed E-state index contributed by atoms with van der Waals surface area (Å²) in [5.41, 5.74) is 14.1. The van der Waals surface area contributed by atoms with Gasteiger partial charge in [-0.05, 0) is 82.4 Å². The van der Waals surface area contributed by atoms with Crippen LogP contribution < -0.4 is 4.90 Å². The Kier molecular flexibility index (Phi) is 7.43. The van der Waals surface area contributed by atoms with Gasteiger partial charge in [-0.25, -0.2) is 4.98 Å². The van der Waals surface area contributed by atoms with Crippen LogP contribution >= 0.6 is 0 Å². The lowest BCUT2D eigenvalue weighted by Crippen LogP contribution is -2.11. The third-order valence-corrected chi connectivity index (χ3v) is 9.94. The summed E-state index contributed by atoms with van der Waals surface area (Å²) >= 11 is 0. The van der Waals surface area contributed by atoms with Crippen molar-refractivity contribution in [1.82, 2.24) is 4.98 Å². The normalized spacial score (nSPS) is 11.4. The third-order valence-electron chi connectivity index (χ3n) is 9.94. The Hall–Kier alpha value is -7.17. The van der Waals surface area contributed by atoms with Crippen LogP contribution in [0, 0.1) is 0 Å². The lowest BCUT2D eigenvalue weighted by Gasteiger charge is -2.28. The van der Waals surface area contributed by atoms with Crippen LogP contribution in [0.3, 0.4) is 0 Å². The fourth-order valence-electron chi connectivity index (χ4n) is 7.33. The number of benzene rings is 8. The molecule has 0 unspecified atom stereocenters. The zero-order valence-corrected chi connectivity index (χ0v) is 28.7. The van der Waals surface area contributed by atoms with E-state index in [0.29, 0.717) is 5.89 Å². The molecule has 0 spiro atoms. The second-order valence-electron chi connectivity index (χ2n) is 13.2. The van der Waals surface area contributed by atoms with Crippen LogP contribution in [0.5, 0.6) is 0 Å². The molecule has 10 aromatic rings. The van der Waals surface area contributed by atoms with E-state index in [2.05, 4.69) is 150 Å². The Labute approximate surface area is 306 Å². The second-order valence-corrected chi connectivity index (χ2v) is 13.2. The van der Waals surface area contributed by atoms with Gasteiger partial charge in [-0.1, -0.05) is 133 Å². The molecule has 0 aliphatic heterocycles. The number of furan rings is 1. The first-order chi connectivity index (χ1) is 26.3. The van der Waals surface area contributed by atoms with Crippen molar-refractivity contribution < 1.29 is 8.83 Å². The number of aromatic nitrogens is 1. The molecule has 0 amide bonds. The highest BCUT2D eigenvalue weighted by Crippen LogP contribution is 2.44. The summed E-state index contributed by atoms with van der Waals surface area (Å²) in [7, 11) is 0. The van der Waals surface area contributed by atoms with Crippen LogP contribution in [0.25, 0.3) is 77.9 Å². The molecule has 0 fully saturated rings. The van der Waals surface area contributed by atoms with Crippen molar-refractivity contribution in [2.45, 2.75) is 0 Å². The Bertz CT molecular complexity index is 2860. The second kappa shape index (κ2) is 12.9. The van der Waals surface area contributed by atoms with Gasteiger partial charge in [-0.2, -0.15) is 0 Å². The van der Waals surface area contributed by atoms with Gasteiger partial charge >= 0.3 is 0 Å². The zero-order valence-electron chi connectivity index (χ0n) is 28.7. The Morgan fingerprint density at radius 3 is 1.58 bits per heavy atom. The number of anilines is 3. The molecule has 2 heterocycles. The van der Waals surface area contributed by atoms with Crippen molar-refractivity contribution in [3.63, 3.8) is 0 Å². The molecule has 0 atom stereocenters. The largest absolute Gasteiger partial charge is 0.456 e. The van der Waals surface area contributed by atoms with Gasteiger partial charge in [0, 0.05) is 34.0 Å².